The van der Waals surface area contributed by atoms with Crippen molar-refractivity contribution in [2.75, 3.05) is 0 Å². The molecule has 1 unspecified atom stereocenters. The molecule has 0 bridgehead atoms. The maximum Gasteiger partial charge on any atom is 0.220 e. The fraction of sp³-hybridized carbons (Fsp3) is 0.615. The SMILES string of the molecule is Cc1ccc(CNC(=O)CCCC(C)N)n1C. The Hall–Kier alpha value is -1.29. The number of nitrogens with one attached hydrogen (secondary N) is 1. The number of rotatable bonds is 6. The summed E-state index contributed by atoms with van der Waals surface area (Å²) in [5.74, 6) is 0.101. The van der Waals surface area contributed by atoms with Gasteiger partial charge >= 0.3 is 0 Å². The average Bonchev–Trinajstić information content (AvgIpc) is 2.57. The largest absolute Gasteiger partial charge is 0.351 e. The lowest BCUT2D eigenvalue weighted by Crippen LogP contribution is -2.24. The third-order valence-corrected chi connectivity index (χ3v) is 3.01. The van der Waals surface area contributed by atoms with E-state index in [2.05, 4.69) is 16.0 Å². The van der Waals surface area contributed by atoms with E-state index in [0.29, 0.717) is 13.0 Å². The van der Waals surface area contributed by atoms with E-state index < -0.39 is 0 Å². The summed E-state index contributed by atoms with van der Waals surface area (Å²) >= 11 is 0. The molecule has 0 aliphatic carbocycles. The minimum Gasteiger partial charge on any atom is -0.351 e. The van der Waals surface area contributed by atoms with E-state index in [1.54, 1.807) is 0 Å². The molecule has 0 fully saturated rings. The molecule has 0 aliphatic rings. The summed E-state index contributed by atoms with van der Waals surface area (Å²) < 4.78 is 2.09. The highest BCUT2D eigenvalue weighted by Gasteiger charge is 2.05. The second kappa shape index (κ2) is 6.45. The zero-order valence-electron chi connectivity index (χ0n) is 11.0. The number of nitrogens with two attached hydrogens (primary N) is 1. The minimum atomic E-state index is 0.101. The Bertz CT molecular complexity index is 369. The Morgan fingerprint density at radius 2 is 2.24 bits per heavy atom. The zero-order chi connectivity index (χ0) is 12.8. The molecular formula is C13H23N3O. The van der Waals surface area contributed by atoms with Gasteiger partial charge in [0.2, 0.25) is 5.91 Å². The van der Waals surface area contributed by atoms with E-state index in [4.69, 9.17) is 5.73 Å². The lowest BCUT2D eigenvalue weighted by atomic mass is 10.1. The molecule has 4 heteroatoms. The van der Waals surface area contributed by atoms with Crippen molar-refractivity contribution in [2.24, 2.45) is 12.8 Å². The van der Waals surface area contributed by atoms with E-state index in [1.807, 2.05) is 27.0 Å². The Labute approximate surface area is 103 Å². The van der Waals surface area contributed by atoms with Gasteiger partial charge in [-0.3, -0.25) is 4.79 Å². The molecule has 0 saturated heterocycles. The summed E-state index contributed by atoms with van der Waals surface area (Å²) in [5, 5.41) is 2.93. The Balaban J connectivity index is 2.26. The van der Waals surface area contributed by atoms with Crippen LogP contribution in [-0.2, 0) is 18.4 Å². The van der Waals surface area contributed by atoms with Crippen molar-refractivity contribution in [3.8, 4) is 0 Å². The fourth-order valence-corrected chi connectivity index (χ4v) is 1.71. The highest BCUT2D eigenvalue weighted by molar-refractivity contribution is 5.75. The van der Waals surface area contributed by atoms with Gasteiger partial charge in [-0.05, 0) is 38.8 Å². The van der Waals surface area contributed by atoms with Crippen LogP contribution in [0, 0.1) is 6.92 Å². The van der Waals surface area contributed by atoms with Crippen LogP contribution in [0.1, 0.15) is 37.6 Å². The number of carbonyl (C=O) groups excluding carboxylic acids is 1. The number of nitrogens with zero attached hydrogens (tertiary/aromatic N) is 1. The molecule has 0 radical (unpaired) electrons. The summed E-state index contributed by atoms with van der Waals surface area (Å²) in [6, 6.07) is 4.27. The first kappa shape index (κ1) is 13.8. The molecule has 1 amide bonds. The van der Waals surface area contributed by atoms with Crippen molar-refractivity contribution < 1.29 is 4.79 Å². The molecule has 4 nitrogen and oxygen atoms in total. The normalized spacial score (nSPS) is 12.5. The smallest absolute Gasteiger partial charge is 0.220 e. The molecule has 1 aromatic rings. The lowest BCUT2D eigenvalue weighted by molar-refractivity contribution is -0.121. The second-order valence-corrected chi connectivity index (χ2v) is 4.67. The van der Waals surface area contributed by atoms with Gasteiger partial charge in [0.15, 0.2) is 0 Å². The molecule has 17 heavy (non-hydrogen) atoms. The van der Waals surface area contributed by atoms with Crippen LogP contribution in [0.25, 0.3) is 0 Å². The third kappa shape index (κ3) is 4.61. The quantitative estimate of drug-likeness (QED) is 0.787. The number of hydrogen-bond donors (Lipinski definition) is 2. The summed E-state index contributed by atoms with van der Waals surface area (Å²) in [6.07, 6.45) is 2.32. The van der Waals surface area contributed by atoms with E-state index in [0.717, 1.165) is 18.5 Å². The van der Waals surface area contributed by atoms with Crippen molar-refractivity contribution in [1.82, 2.24) is 9.88 Å². The van der Waals surface area contributed by atoms with Crippen LogP contribution >= 0.6 is 0 Å². The van der Waals surface area contributed by atoms with Gasteiger partial charge in [-0.2, -0.15) is 0 Å². The van der Waals surface area contributed by atoms with Crippen LogP contribution in [-0.4, -0.2) is 16.5 Å². The first-order valence-corrected chi connectivity index (χ1v) is 6.14. The third-order valence-electron chi connectivity index (χ3n) is 3.01. The van der Waals surface area contributed by atoms with Gasteiger partial charge in [0.1, 0.15) is 0 Å². The summed E-state index contributed by atoms with van der Waals surface area (Å²) in [4.78, 5) is 11.6. The first-order chi connectivity index (χ1) is 8.00. The van der Waals surface area contributed by atoms with Gasteiger partial charge in [-0.25, -0.2) is 0 Å². The van der Waals surface area contributed by atoms with Gasteiger partial charge < -0.3 is 15.6 Å². The van der Waals surface area contributed by atoms with Crippen molar-refractivity contribution in [2.45, 2.75) is 45.7 Å². The van der Waals surface area contributed by atoms with Gasteiger partial charge in [-0.1, -0.05) is 0 Å². The molecule has 3 N–H and O–H groups in total. The molecule has 1 rings (SSSR count). The van der Waals surface area contributed by atoms with Crippen LogP contribution in [0.15, 0.2) is 12.1 Å². The van der Waals surface area contributed by atoms with Gasteiger partial charge in [0.05, 0.1) is 6.54 Å². The molecule has 1 aromatic heterocycles. The average molecular weight is 237 g/mol. The van der Waals surface area contributed by atoms with Crippen molar-refractivity contribution in [1.29, 1.82) is 0 Å². The number of hydrogen-bond acceptors (Lipinski definition) is 2. The standard InChI is InChI=1S/C13H23N3O/c1-10(14)5-4-6-13(17)15-9-12-8-7-11(2)16(12)3/h7-8,10H,4-6,9,14H2,1-3H3,(H,15,17). The van der Waals surface area contributed by atoms with Gasteiger partial charge in [0.25, 0.3) is 0 Å². The Kier molecular flexibility index (Phi) is 5.22. The van der Waals surface area contributed by atoms with Crippen LogP contribution < -0.4 is 11.1 Å². The Morgan fingerprint density at radius 1 is 1.53 bits per heavy atom. The summed E-state index contributed by atoms with van der Waals surface area (Å²) in [6.45, 7) is 4.61. The number of amides is 1. The van der Waals surface area contributed by atoms with Crippen molar-refractivity contribution in [3.05, 3.63) is 23.5 Å². The number of carbonyl (C=O) groups is 1. The summed E-state index contributed by atoms with van der Waals surface area (Å²) in [7, 11) is 2.01. The predicted octanol–water partition coefficient (Wildman–Crippen LogP) is 1.47. The zero-order valence-corrected chi connectivity index (χ0v) is 11.0. The lowest BCUT2D eigenvalue weighted by Gasteiger charge is -2.08. The van der Waals surface area contributed by atoms with E-state index in [9.17, 15) is 4.79 Å². The van der Waals surface area contributed by atoms with E-state index in [-0.39, 0.29) is 11.9 Å². The highest BCUT2D eigenvalue weighted by Crippen LogP contribution is 2.05. The van der Waals surface area contributed by atoms with Crippen LogP contribution in [0.3, 0.4) is 0 Å². The van der Waals surface area contributed by atoms with Crippen LogP contribution in [0.4, 0.5) is 0 Å². The van der Waals surface area contributed by atoms with Crippen LogP contribution in [0.2, 0.25) is 0 Å². The Morgan fingerprint density at radius 3 is 2.76 bits per heavy atom. The molecule has 1 atom stereocenters. The van der Waals surface area contributed by atoms with Crippen LogP contribution in [0.5, 0.6) is 0 Å². The first-order valence-electron chi connectivity index (χ1n) is 6.14. The second-order valence-electron chi connectivity index (χ2n) is 4.67. The molecule has 0 aliphatic heterocycles. The number of aryl methyl sites for hydroxylation is 1. The van der Waals surface area contributed by atoms with E-state index >= 15 is 0 Å². The molecule has 1 heterocycles. The molecule has 96 valence electrons. The van der Waals surface area contributed by atoms with Gasteiger partial charge in [-0.15, -0.1) is 0 Å². The molecule has 0 spiro atoms. The van der Waals surface area contributed by atoms with Crippen molar-refractivity contribution >= 4 is 5.91 Å². The fourth-order valence-electron chi connectivity index (χ4n) is 1.71. The number of aromatic nitrogens is 1. The topological polar surface area (TPSA) is 60.1 Å². The van der Waals surface area contributed by atoms with E-state index in [1.165, 1.54) is 5.69 Å². The maximum absolute atomic E-state index is 11.6. The minimum absolute atomic E-state index is 0.101. The predicted molar refractivity (Wildman–Crippen MR) is 69.5 cm³/mol. The molecular weight excluding hydrogens is 214 g/mol. The maximum atomic E-state index is 11.6. The van der Waals surface area contributed by atoms with Crippen molar-refractivity contribution in [3.63, 3.8) is 0 Å². The monoisotopic (exact) mass is 237 g/mol. The molecule has 0 aromatic carbocycles. The highest BCUT2D eigenvalue weighted by atomic mass is 16.1. The molecule has 0 saturated carbocycles. The summed E-state index contributed by atoms with van der Waals surface area (Å²) in [5.41, 5.74) is 7.96. The van der Waals surface area contributed by atoms with Gasteiger partial charge in [0, 0.05) is 30.9 Å².